The Kier molecular flexibility index (Phi) is 5.43. The quantitative estimate of drug-likeness (QED) is 0.703. The van der Waals surface area contributed by atoms with Crippen molar-refractivity contribution in [1.29, 1.82) is 0 Å². The van der Waals surface area contributed by atoms with E-state index in [9.17, 15) is 13.2 Å². The topological polar surface area (TPSA) is 75.5 Å². The monoisotopic (exact) mass is 460 g/mol. The molecule has 2 heterocycles. The Morgan fingerprint density at radius 2 is 1.73 bits per heavy atom. The molecule has 10 heteroatoms. The van der Waals surface area contributed by atoms with Crippen LogP contribution in [-0.2, 0) is 17.1 Å². The van der Waals surface area contributed by atoms with E-state index in [2.05, 4.69) is 21.0 Å². The molecule has 0 N–H and O–H groups in total. The summed E-state index contributed by atoms with van der Waals surface area (Å²) in [4.78, 5) is 14.6. The van der Waals surface area contributed by atoms with Gasteiger partial charge in [-0.1, -0.05) is 27.5 Å². The van der Waals surface area contributed by atoms with Crippen molar-refractivity contribution in [2.75, 3.05) is 26.2 Å². The van der Waals surface area contributed by atoms with Crippen LogP contribution in [-0.4, -0.2) is 59.5 Å². The van der Waals surface area contributed by atoms with E-state index in [1.54, 1.807) is 43.1 Å². The van der Waals surface area contributed by atoms with Crippen LogP contribution in [0.4, 0.5) is 0 Å². The van der Waals surface area contributed by atoms with Crippen LogP contribution in [0.5, 0.6) is 0 Å². The molecule has 1 aromatic heterocycles. The SMILES string of the molecule is Cc1nn(C)c(Cl)c1C(=O)N1CCN(S(=O)(=O)c2ccc(Br)cc2)CC1. The zero-order chi connectivity index (χ0) is 19.1. The summed E-state index contributed by atoms with van der Waals surface area (Å²) in [5.41, 5.74) is 0.936. The number of nitrogens with zero attached hydrogens (tertiary/aromatic N) is 4. The van der Waals surface area contributed by atoms with Gasteiger partial charge in [0, 0.05) is 37.7 Å². The standard InChI is InChI=1S/C16H18BrClN4O3S/c1-11-14(15(18)20(2)19-11)16(23)21-7-9-22(10-8-21)26(24,25)13-5-3-12(17)4-6-13/h3-6H,7-10H2,1-2H3. The van der Waals surface area contributed by atoms with E-state index in [1.807, 2.05) is 0 Å². The first-order valence-electron chi connectivity index (χ1n) is 7.96. The highest BCUT2D eigenvalue weighted by Gasteiger charge is 2.32. The summed E-state index contributed by atoms with van der Waals surface area (Å²) in [6, 6.07) is 6.52. The van der Waals surface area contributed by atoms with Crippen LogP contribution in [0, 0.1) is 6.92 Å². The number of sulfonamides is 1. The molecule has 1 fully saturated rings. The van der Waals surface area contributed by atoms with Gasteiger partial charge in [0.05, 0.1) is 16.2 Å². The largest absolute Gasteiger partial charge is 0.336 e. The molecule has 1 aliphatic rings. The Balaban J connectivity index is 1.73. The predicted octanol–water partition coefficient (Wildman–Crippen LogP) is 2.29. The number of benzene rings is 1. The molecular formula is C16H18BrClN4O3S. The van der Waals surface area contributed by atoms with E-state index in [-0.39, 0.29) is 29.0 Å². The van der Waals surface area contributed by atoms with E-state index < -0.39 is 10.0 Å². The molecule has 0 radical (unpaired) electrons. The van der Waals surface area contributed by atoms with Gasteiger partial charge in [-0.05, 0) is 31.2 Å². The zero-order valence-corrected chi connectivity index (χ0v) is 17.5. The highest BCUT2D eigenvalue weighted by Crippen LogP contribution is 2.23. The Morgan fingerprint density at radius 3 is 2.23 bits per heavy atom. The summed E-state index contributed by atoms with van der Waals surface area (Å²) in [5.74, 6) is -0.221. The first-order valence-corrected chi connectivity index (χ1v) is 10.6. The number of aromatic nitrogens is 2. The molecule has 0 saturated carbocycles. The number of hydrogen-bond acceptors (Lipinski definition) is 4. The molecule has 26 heavy (non-hydrogen) atoms. The first-order chi connectivity index (χ1) is 12.2. The third kappa shape index (κ3) is 3.53. The number of hydrogen-bond donors (Lipinski definition) is 0. The third-order valence-electron chi connectivity index (χ3n) is 4.34. The molecule has 2 aromatic rings. The number of carbonyl (C=O) groups is 1. The minimum Gasteiger partial charge on any atom is -0.336 e. The number of aryl methyl sites for hydroxylation is 2. The van der Waals surface area contributed by atoms with Crippen molar-refractivity contribution in [3.8, 4) is 0 Å². The van der Waals surface area contributed by atoms with Crippen molar-refractivity contribution >= 4 is 43.5 Å². The van der Waals surface area contributed by atoms with Crippen LogP contribution in [0.25, 0.3) is 0 Å². The third-order valence-corrected chi connectivity index (χ3v) is 7.22. The molecule has 0 spiro atoms. The van der Waals surface area contributed by atoms with Crippen LogP contribution >= 0.6 is 27.5 Å². The molecule has 1 aliphatic heterocycles. The molecular weight excluding hydrogens is 444 g/mol. The lowest BCUT2D eigenvalue weighted by Gasteiger charge is -2.34. The van der Waals surface area contributed by atoms with Crippen LogP contribution in [0.1, 0.15) is 16.1 Å². The Morgan fingerprint density at radius 1 is 1.15 bits per heavy atom. The van der Waals surface area contributed by atoms with Gasteiger partial charge in [-0.15, -0.1) is 0 Å². The predicted molar refractivity (Wildman–Crippen MR) is 102 cm³/mol. The van der Waals surface area contributed by atoms with Gasteiger partial charge >= 0.3 is 0 Å². The van der Waals surface area contributed by atoms with Gasteiger partial charge in [-0.2, -0.15) is 9.40 Å². The molecule has 7 nitrogen and oxygen atoms in total. The van der Waals surface area contributed by atoms with Crippen molar-refractivity contribution in [3.63, 3.8) is 0 Å². The summed E-state index contributed by atoms with van der Waals surface area (Å²) >= 11 is 9.46. The molecule has 0 bridgehead atoms. The van der Waals surface area contributed by atoms with Crippen molar-refractivity contribution in [3.05, 3.63) is 45.1 Å². The fraction of sp³-hybridized carbons (Fsp3) is 0.375. The number of carbonyl (C=O) groups excluding carboxylic acids is 1. The smallest absolute Gasteiger partial charge is 0.258 e. The maximum Gasteiger partial charge on any atom is 0.258 e. The van der Waals surface area contributed by atoms with Crippen molar-refractivity contribution in [2.24, 2.45) is 7.05 Å². The summed E-state index contributed by atoms with van der Waals surface area (Å²) in [7, 11) is -1.90. The number of halogens is 2. The summed E-state index contributed by atoms with van der Waals surface area (Å²) in [5, 5.41) is 4.44. The molecule has 0 unspecified atom stereocenters. The molecule has 1 saturated heterocycles. The number of piperazine rings is 1. The highest BCUT2D eigenvalue weighted by molar-refractivity contribution is 9.10. The van der Waals surface area contributed by atoms with Gasteiger partial charge < -0.3 is 4.90 Å². The lowest BCUT2D eigenvalue weighted by Crippen LogP contribution is -2.50. The Hall–Kier alpha value is -1.42. The molecule has 140 valence electrons. The maximum atomic E-state index is 12.7. The van der Waals surface area contributed by atoms with Gasteiger partial charge in [0.25, 0.3) is 5.91 Å². The van der Waals surface area contributed by atoms with Crippen LogP contribution in [0.2, 0.25) is 5.15 Å². The molecule has 0 atom stereocenters. The second-order valence-corrected chi connectivity index (χ2v) is 9.24. The number of amides is 1. The summed E-state index contributed by atoms with van der Waals surface area (Å²) < 4.78 is 29.1. The Labute approximate surface area is 165 Å². The van der Waals surface area contributed by atoms with Crippen LogP contribution in [0.15, 0.2) is 33.6 Å². The molecule has 0 aliphatic carbocycles. The average Bonchev–Trinajstić information content (AvgIpc) is 2.87. The van der Waals surface area contributed by atoms with Gasteiger partial charge in [-0.25, -0.2) is 8.42 Å². The second kappa shape index (κ2) is 7.30. The van der Waals surface area contributed by atoms with Crippen LogP contribution < -0.4 is 0 Å². The van der Waals surface area contributed by atoms with E-state index in [1.165, 1.54) is 8.99 Å². The minimum absolute atomic E-state index is 0.221. The van der Waals surface area contributed by atoms with Crippen molar-refractivity contribution in [2.45, 2.75) is 11.8 Å². The fourth-order valence-corrected chi connectivity index (χ4v) is 4.86. The Bertz CT molecular complexity index is 935. The molecule has 3 rings (SSSR count). The lowest BCUT2D eigenvalue weighted by molar-refractivity contribution is 0.0697. The highest BCUT2D eigenvalue weighted by atomic mass is 79.9. The van der Waals surface area contributed by atoms with Crippen LogP contribution in [0.3, 0.4) is 0 Å². The van der Waals surface area contributed by atoms with Gasteiger partial charge in [0.1, 0.15) is 5.15 Å². The van der Waals surface area contributed by atoms with Crippen molar-refractivity contribution in [1.82, 2.24) is 19.0 Å². The maximum absolute atomic E-state index is 12.7. The second-order valence-electron chi connectivity index (χ2n) is 6.03. The van der Waals surface area contributed by atoms with E-state index in [0.717, 1.165) is 4.47 Å². The van der Waals surface area contributed by atoms with E-state index >= 15 is 0 Å². The minimum atomic E-state index is -3.57. The number of rotatable bonds is 3. The average molecular weight is 462 g/mol. The zero-order valence-electron chi connectivity index (χ0n) is 14.3. The summed E-state index contributed by atoms with van der Waals surface area (Å²) in [6.45, 7) is 2.81. The summed E-state index contributed by atoms with van der Waals surface area (Å²) in [6.07, 6.45) is 0. The molecule has 1 aromatic carbocycles. The van der Waals surface area contributed by atoms with Crippen molar-refractivity contribution < 1.29 is 13.2 Å². The fourth-order valence-electron chi connectivity index (χ4n) is 2.92. The van der Waals surface area contributed by atoms with Gasteiger partial charge in [-0.3, -0.25) is 9.48 Å². The first kappa shape index (κ1) is 19.3. The molecule has 1 amide bonds. The lowest BCUT2D eigenvalue weighted by atomic mass is 10.2. The normalized spacial score (nSPS) is 16.1. The van der Waals surface area contributed by atoms with Gasteiger partial charge in [0.2, 0.25) is 10.0 Å². The van der Waals surface area contributed by atoms with Gasteiger partial charge in [0.15, 0.2) is 0 Å². The van der Waals surface area contributed by atoms with E-state index in [4.69, 9.17) is 11.6 Å². The van der Waals surface area contributed by atoms with E-state index in [0.29, 0.717) is 24.3 Å².